The predicted octanol–water partition coefficient (Wildman–Crippen LogP) is 4.06. The Morgan fingerprint density at radius 2 is 2.04 bits per heavy atom. The molecule has 0 saturated heterocycles. The summed E-state index contributed by atoms with van der Waals surface area (Å²) in [4.78, 5) is 17.2. The Morgan fingerprint density at radius 3 is 2.75 bits per heavy atom. The minimum atomic E-state index is -0.478. The number of amides is 1. The molecule has 28 heavy (non-hydrogen) atoms. The third kappa shape index (κ3) is 3.53. The van der Waals surface area contributed by atoms with Crippen LogP contribution in [-0.4, -0.2) is 15.5 Å². The fourth-order valence-electron chi connectivity index (χ4n) is 3.32. The van der Waals surface area contributed by atoms with Crippen molar-refractivity contribution in [2.75, 3.05) is 0 Å². The first kappa shape index (κ1) is 18.0. The summed E-state index contributed by atoms with van der Waals surface area (Å²) < 4.78 is 20.8. The molecule has 0 aliphatic carbocycles. The van der Waals surface area contributed by atoms with E-state index in [4.69, 9.17) is 4.42 Å². The van der Waals surface area contributed by atoms with Gasteiger partial charge in [-0.15, -0.1) is 0 Å². The monoisotopic (exact) mass is 377 g/mol. The van der Waals surface area contributed by atoms with Crippen molar-refractivity contribution < 1.29 is 13.6 Å². The zero-order valence-corrected chi connectivity index (χ0v) is 15.6. The van der Waals surface area contributed by atoms with Crippen LogP contribution < -0.4 is 5.32 Å². The van der Waals surface area contributed by atoms with E-state index >= 15 is 0 Å². The lowest BCUT2D eigenvalue weighted by atomic mass is 10.0. The predicted molar refractivity (Wildman–Crippen MR) is 104 cm³/mol. The molecular formula is C22H20FN3O2. The third-order valence-electron chi connectivity index (χ3n) is 4.79. The summed E-state index contributed by atoms with van der Waals surface area (Å²) in [5.41, 5.74) is 3.45. The van der Waals surface area contributed by atoms with E-state index in [0.29, 0.717) is 5.82 Å². The van der Waals surface area contributed by atoms with Crippen molar-refractivity contribution in [3.8, 4) is 0 Å². The standard InChI is InChI=1S/C22H20FN3O2/c1-14-3-8-18-16(13-28-19(18)11-14)12-20(27)25-21(22-24-9-10-26(22)2)15-4-6-17(23)7-5-15/h3-11,13,21H,12H2,1-2H3,(H,25,27). The zero-order valence-electron chi connectivity index (χ0n) is 15.6. The number of hydrogen-bond acceptors (Lipinski definition) is 3. The van der Waals surface area contributed by atoms with Crippen LogP contribution in [0, 0.1) is 12.7 Å². The van der Waals surface area contributed by atoms with Crippen molar-refractivity contribution in [3.63, 3.8) is 0 Å². The SMILES string of the molecule is Cc1ccc2c(CC(=O)NC(c3ccc(F)cc3)c3nccn3C)coc2c1. The minimum absolute atomic E-state index is 0.166. The number of imidazole rings is 1. The van der Waals surface area contributed by atoms with Gasteiger partial charge in [-0.2, -0.15) is 0 Å². The molecule has 0 bridgehead atoms. The number of nitrogens with zero attached hydrogens (tertiary/aromatic N) is 2. The number of carbonyl (C=O) groups excluding carboxylic acids is 1. The molecule has 4 rings (SSSR count). The summed E-state index contributed by atoms with van der Waals surface area (Å²) in [6.45, 7) is 1.99. The molecule has 2 aromatic carbocycles. The Balaban J connectivity index is 1.60. The van der Waals surface area contributed by atoms with Crippen LogP contribution >= 0.6 is 0 Å². The molecule has 0 spiro atoms. The number of fused-ring (bicyclic) bond motifs is 1. The van der Waals surface area contributed by atoms with Crippen LogP contribution in [0.5, 0.6) is 0 Å². The quantitative estimate of drug-likeness (QED) is 0.571. The van der Waals surface area contributed by atoms with Crippen molar-refractivity contribution >= 4 is 16.9 Å². The highest BCUT2D eigenvalue weighted by Gasteiger charge is 2.21. The van der Waals surface area contributed by atoms with Crippen molar-refractivity contribution in [1.82, 2.24) is 14.9 Å². The second-order valence-corrected chi connectivity index (χ2v) is 6.89. The van der Waals surface area contributed by atoms with Crippen molar-refractivity contribution in [2.45, 2.75) is 19.4 Å². The first-order valence-corrected chi connectivity index (χ1v) is 9.00. The molecular weight excluding hydrogens is 357 g/mol. The number of aromatic nitrogens is 2. The van der Waals surface area contributed by atoms with Crippen molar-refractivity contribution in [2.24, 2.45) is 7.05 Å². The minimum Gasteiger partial charge on any atom is -0.464 e. The number of nitrogens with one attached hydrogen (secondary N) is 1. The highest BCUT2D eigenvalue weighted by molar-refractivity contribution is 5.88. The Labute approximate surface area is 161 Å². The van der Waals surface area contributed by atoms with Gasteiger partial charge in [0.15, 0.2) is 0 Å². The fourth-order valence-corrected chi connectivity index (χ4v) is 3.32. The molecule has 6 heteroatoms. The molecule has 2 heterocycles. The van der Waals surface area contributed by atoms with Gasteiger partial charge < -0.3 is 14.3 Å². The van der Waals surface area contributed by atoms with E-state index in [0.717, 1.165) is 27.7 Å². The number of rotatable bonds is 5. The van der Waals surface area contributed by atoms with Gasteiger partial charge in [0, 0.05) is 30.4 Å². The summed E-state index contributed by atoms with van der Waals surface area (Å²) in [5.74, 6) is 0.182. The molecule has 1 atom stereocenters. The van der Waals surface area contributed by atoms with Crippen LogP contribution in [0.15, 0.2) is 65.5 Å². The van der Waals surface area contributed by atoms with E-state index in [1.165, 1.54) is 12.1 Å². The number of benzene rings is 2. The lowest BCUT2D eigenvalue weighted by Crippen LogP contribution is -2.32. The van der Waals surface area contributed by atoms with Gasteiger partial charge >= 0.3 is 0 Å². The van der Waals surface area contributed by atoms with Crippen molar-refractivity contribution in [3.05, 3.63) is 89.5 Å². The first-order chi connectivity index (χ1) is 13.5. The summed E-state index contributed by atoms with van der Waals surface area (Å²) in [5, 5.41) is 3.95. The smallest absolute Gasteiger partial charge is 0.225 e. The molecule has 1 amide bonds. The normalized spacial score (nSPS) is 12.2. The topological polar surface area (TPSA) is 60.1 Å². The molecule has 4 aromatic rings. The molecule has 1 N–H and O–H groups in total. The zero-order chi connectivity index (χ0) is 19.7. The van der Waals surface area contributed by atoms with Crippen molar-refractivity contribution in [1.29, 1.82) is 0 Å². The Hall–Kier alpha value is -3.41. The second kappa shape index (κ2) is 7.31. The molecule has 0 aliphatic heterocycles. The Morgan fingerprint density at radius 1 is 1.25 bits per heavy atom. The first-order valence-electron chi connectivity index (χ1n) is 9.00. The summed E-state index contributed by atoms with van der Waals surface area (Å²) in [6.07, 6.45) is 5.28. The molecule has 0 fully saturated rings. The number of carbonyl (C=O) groups is 1. The molecule has 5 nitrogen and oxygen atoms in total. The highest BCUT2D eigenvalue weighted by atomic mass is 19.1. The number of furan rings is 1. The summed E-state index contributed by atoms with van der Waals surface area (Å²) in [7, 11) is 1.86. The van der Waals surface area contributed by atoms with Gasteiger partial charge in [-0.05, 0) is 36.2 Å². The maximum Gasteiger partial charge on any atom is 0.225 e. The molecule has 0 saturated carbocycles. The lowest BCUT2D eigenvalue weighted by molar-refractivity contribution is -0.121. The summed E-state index contributed by atoms with van der Waals surface area (Å²) in [6, 6.07) is 11.5. The lowest BCUT2D eigenvalue weighted by Gasteiger charge is -2.19. The number of aryl methyl sites for hydroxylation is 2. The van der Waals surface area contributed by atoms with E-state index in [1.54, 1.807) is 24.6 Å². The maximum absolute atomic E-state index is 13.3. The van der Waals surface area contributed by atoms with Crippen LogP contribution in [0.2, 0.25) is 0 Å². The van der Waals surface area contributed by atoms with E-state index in [-0.39, 0.29) is 18.1 Å². The number of halogens is 1. The number of hydrogen-bond donors (Lipinski definition) is 1. The average Bonchev–Trinajstić information content (AvgIpc) is 3.26. The fraction of sp³-hybridized carbons (Fsp3) is 0.182. The van der Waals surface area contributed by atoms with Gasteiger partial charge in [0.2, 0.25) is 5.91 Å². The van der Waals surface area contributed by atoms with Gasteiger partial charge in [-0.1, -0.05) is 24.3 Å². The Bertz CT molecular complexity index is 1130. The van der Waals surface area contributed by atoms with Crippen LogP contribution in [0.3, 0.4) is 0 Å². The largest absolute Gasteiger partial charge is 0.464 e. The van der Waals surface area contributed by atoms with Gasteiger partial charge in [-0.25, -0.2) is 9.37 Å². The van der Waals surface area contributed by atoms with Gasteiger partial charge in [-0.3, -0.25) is 4.79 Å². The van der Waals surface area contributed by atoms with Gasteiger partial charge in [0.25, 0.3) is 0 Å². The van der Waals surface area contributed by atoms with Gasteiger partial charge in [0.1, 0.15) is 23.3 Å². The Kier molecular flexibility index (Phi) is 4.69. The van der Waals surface area contributed by atoms with E-state index in [2.05, 4.69) is 10.3 Å². The molecule has 2 aromatic heterocycles. The van der Waals surface area contributed by atoms with Crippen LogP contribution in [0.4, 0.5) is 4.39 Å². The summed E-state index contributed by atoms with van der Waals surface area (Å²) >= 11 is 0. The molecule has 0 aliphatic rings. The highest BCUT2D eigenvalue weighted by Crippen LogP contribution is 2.24. The molecule has 142 valence electrons. The van der Waals surface area contributed by atoms with Crippen LogP contribution in [0.1, 0.15) is 28.6 Å². The maximum atomic E-state index is 13.3. The molecule has 0 radical (unpaired) electrons. The van der Waals surface area contributed by atoms with E-state index < -0.39 is 6.04 Å². The third-order valence-corrected chi connectivity index (χ3v) is 4.79. The van der Waals surface area contributed by atoms with Crippen LogP contribution in [-0.2, 0) is 18.3 Å². The van der Waals surface area contributed by atoms with E-state index in [1.807, 2.05) is 42.9 Å². The average molecular weight is 377 g/mol. The second-order valence-electron chi connectivity index (χ2n) is 6.89. The van der Waals surface area contributed by atoms with E-state index in [9.17, 15) is 9.18 Å². The van der Waals surface area contributed by atoms with Gasteiger partial charge in [0.05, 0.1) is 12.7 Å². The molecule has 1 unspecified atom stereocenters. The van der Waals surface area contributed by atoms with Crippen LogP contribution in [0.25, 0.3) is 11.0 Å².